The highest BCUT2D eigenvalue weighted by Crippen LogP contribution is 2.24. The molecule has 1 heterocycles. The van der Waals surface area contributed by atoms with Crippen molar-refractivity contribution in [1.82, 2.24) is 4.57 Å². The Hall–Kier alpha value is -4.43. The van der Waals surface area contributed by atoms with Crippen molar-refractivity contribution in [3.63, 3.8) is 0 Å². The molecule has 0 fully saturated rings. The molecule has 8 nitrogen and oxygen atoms in total. The summed E-state index contributed by atoms with van der Waals surface area (Å²) >= 11 is 0. The van der Waals surface area contributed by atoms with Gasteiger partial charge < -0.3 is 9.88 Å². The highest BCUT2D eigenvalue weighted by atomic mass is 16.6. The van der Waals surface area contributed by atoms with Crippen LogP contribution in [-0.4, -0.2) is 15.4 Å². The number of carbonyl (C=O) groups excluding carboxylic acids is 1. The molecule has 0 aliphatic heterocycles. The first-order valence-electron chi connectivity index (χ1n) is 8.66. The average Bonchev–Trinajstić information content (AvgIpc) is 3.08. The number of carbonyl (C=O) groups is 1. The minimum atomic E-state index is -0.616. The Balaban J connectivity index is 1.89. The van der Waals surface area contributed by atoms with Crippen molar-refractivity contribution in [2.75, 3.05) is 5.32 Å². The van der Waals surface area contributed by atoms with E-state index in [-0.39, 0.29) is 11.3 Å². The summed E-state index contributed by atoms with van der Waals surface area (Å²) in [4.78, 5) is 22.7. The van der Waals surface area contributed by atoms with Gasteiger partial charge in [0.15, 0.2) is 0 Å². The standard InChI is InChI=1S/C21H15N5O3/c22-10-3-11-25-14-16(19-4-1-2-5-20(19)25)12-15(13-23)21(27)24-17-6-8-18(9-7-17)26(28)29/h1-2,4-9,12,14H,3,11H2,(H,24,27). The molecule has 0 saturated heterocycles. The van der Waals surface area contributed by atoms with E-state index in [1.165, 1.54) is 30.3 Å². The van der Waals surface area contributed by atoms with Crippen LogP contribution >= 0.6 is 0 Å². The monoisotopic (exact) mass is 385 g/mol. The van der Waals surface area contributed by atoms with E-state index in [1.54, 1.807) is 6.20 Å². The number of aromatic nitrogens is 1. The van der Waals surface area contributed by atoms with Crippen molar-refractivity contribution >= 4 is 34.3 Å². The molecule has 2 aromatic carbocycles. The fourth-order valence-corrected chi connectivity index (χ4v) is 2.91. The molecule has 0 atom stereocenters. The van der Waals surface area contributed by atoms with Gasteiger partial charge in [-0.25, -0.2) is 0 Å². The molecule has 1 amide bonds. The van der Waals surface area contributed by atoms with Crippen molar-refractivity contribution < 1.29 is 9.72 Å². The number of aryl methyl sites for hydroxylation is 1. The van der Waals surface area contributed by atoms with Crippen molar-refractivity contribution in [2.24, 2.45) is 0 Å². The zero-order valence-electron chi connectivity index (χ0n) is 15.2. The number of amides is 1. The second kappa shape index (κ2) is 8.51. The third kappa shape index (κ3) is 4.29. The van der Waals surface area contributed by atoms with Gasteiger partial charge in [-0.2, -0.15) is 10.5 Å². The van der Waals surface area contributed by atoms with Gasteiger partial charge in [-0.1, -0.05) is 18.2 Å². The third-order valence-corrected chi connectivity index (χ3v) is 4.28. The number of fused-ring (bicyclic) bond motifs is 1. The molecule has 142 valence electrons. The lowest BCUT2D eigenvalue weighted by molar-refractivity contribution is -0.384. The fraction of sp³-hybridized carbons (Fsp3) is 0.0952. The third-order valence-electron chi connectivity index (χ3n) is 4.28. The van der Waals surface area contributed by atoms with E-state index in [0.717, 1.165) is 10.9 Å². The maximum atomic E-state index is 12.5. The lowest BCUT2D eigenvalue weighted by Crippen LogP contribution is -2.13. The predicted molar refractivity (Wildman–Crippen MR) is 107 cm³/mol. The number of para-hydroxylation sites is 1. The maximum Gasteiger partial charge on any atom is 0.269 e. The quantitative estimate of drug-likeness (QED) is 0.297. The number of nitriles is 2. The van der Waals surface area contributed by atoms with Gasteiger partial charge in [0.2, 0.25) is 0 Å². The average molecular weight is 385 g/mol. The number of non-ortho nitro benzene ring substituents is 1. The van der Waals surface area contributed by atoms with Gasteiger partial charge in [0.1, 0.15) is 11.6 Å². The summed E-state index contributed by atoms with van der Waals surface area (Å²) in [6, 6.07) is 16.9. The van der Waals surface area contributed by atoms with Crippen LogP contribution in [0.25, 0.3) is 17.0 Å². The van der Waals surface area contributed by atoms with Gasteiger partial charge in [-0.3, -0.25) is 14.9 Å². The van der Waals surface area contributed by atoms with E-state index in [2.05, 4.69) is 11.4 Å². The highest BCUT2D eigenvalue weighted by Gasteiger charge is 2.13. The van der Waals surface area contributed by atoms with E-state index < -0.39 is 10.8 Å². The molecule has 3 rings (SSSR count). The zero-order chi connectivity index (χ0) is 20.8. The lowest BCUT2D eigenvalue weighted by atomic mass is 10.1. The van der Waals surface area contributed by atoms with Gasteiger partial charge in [-0.15, -0.1) is 0 Å². The van der Waals surface area contributed by atoms with Crippen LogP contribution in [0.2, 0.25) is 0 Å². The number of rotatable bonds is 6. The number of hydrogen-bond donors (Lipinski definition) is 1. The van der Waals surface area contributed by atoms with Gasteiger partial charge in [-0.05, 0) is 24.3 Å². The largest absolute Gasteiger partial charge is 0.346 e. The molecule has 0 radical (unpaired) electrons. The second-order valence-electron chi connectivity index (χ2n) is 6.13. The molecular formula is C21H15N5O3. The number of nitrogens with zero attached hydrogens (tertiary/aromatic N) is 4. The van der Waals surface area contributed by atoms with E-state index in [9.17, 15) is 20.2 Å². The summed E-state index contributed by atoms with van der Waals surface area (Å²) in [5, 5.41) is 32.4. The van der Waals surface area contributed by atoms with Crippen LogP contribution in [0, 0.1) is 32.8 Å². The molecule has 1 aromatic heterocycles. The fourth-order valence-electron chi connectivity index (χ4n) is 2.91. The Morgan fingerprint density at radius 2 is 1.90 bits per heavy atom. The molecule has 0 saturated carbocycles. The number of nitrogens with one attached hydrogen (secondary N) is 1. The van der Waals surface area contributed by atoms with Crippen molar-refractivity contribution in [3.8, 4) is 12.1 Å². The van der Waals surface area contributed by atoms with Crippen molar-refractivity contribution in [3.05, 3.63) is 76.0 Å². The first kappa shape index (κ1) is 19.3. The molecule has 0 aliphatic rings. The molecule has 29 heavy (non-hydrogen) atoms. The summed E-state index contributed by atoms with van der Waals surface area (Å²) in [5.74, 6) is -0.616. The second-order valence-corrected chi connectivity index (χ2v) is 6.13. The molecule has 0 spiro atoms. The molecule has 3 aromatic rings. The summed E-state index contributed by atoms with van der Waals surface area (Å²) in [6.07, 6.45) is 3.64. The van der Waals surface area contributed by atoms with E-state index in [0.29, 0.717) is 24.2 Å². The number of benzene rings is 2. The summed E-state index contributed by atoms with van der Waals surface area (Å²) < 4.78 is 1.91. The molecule has 8 heteroatoms. The zero-order valence-corrected chi connectivity index (χ0v) is 15.2. The van der Waals surface area contributed by atoms with Crippen molar-refractivity contribution in [1.29, 1.82) is 10.5 Å². The number of nitro groups is 1. The smallest absolute Gasteiger partial charge is 0.269 e. The van der Waals surface area contributed by atoms with Crippen LogP contribution in [0.3, 0.4) is 0 Å². The predicted octanol–water partition coefficient (Wildman–Crippen LogP) is 4.01. The Labute approximate surface area is 166 Å². The van der Waals surface area contributed by atoms with Crippen LogP contribution in [0.15, 0.2) is 60.3 Å². The SMILES string of the molecule is N#CCCn1cc(C=C(C#N)C(=O)Nc2ccc([N+](=O)[O-])cc2)c2ccccc21. The van der Waals surface area contributed by atoms with E-state index >= 15 is 0 Å². The van der Waals surface area contributed by atoms with Gasteiger partial charge in [0.05, 0.1) is 17.4 Å². The normalized spacial score (nSPS) is 10.9. The summed E-state index contributed by atoms with van der Waals surface area (Å²) in [6.45, 7) is 0.502. The molecule has 0 bridgehead atoms. The Bertz CT molecular complexity index is 1190. The van der Waals surface area contributed by atoms with Crippen molar-refractivity contribution in [2.45, 2.75) is 13.0 Å². The van der Waals surface area contributed by atoms with Crippen LogP contribution in [0.5, 0.6) is 0 Å². The number of hydrogen-bond acceptors (Lipinski definition) is 5. The molecular weight excluding hydrogens is 370 g/mol. The number of nitro benzene ring substituents is 1. The lowest BCUT2D eigenvalue weighted by Gasteiger charge is -2.03. The first-order chi connectivity index (χ1) is 14.0. The maximum absolute atomic E-state index is 12.5. The Morgan fingerprint density at radius 3 is 2.55 bits per heavy atom. The molecule has 0 aliphatic carbocycles. The van der Waals surface area contributed by atoms with Gasteiger partial charge in [0, 0.05) is 47.0 Å². The minimum Gasteiger partial charge on any atom is -0.346 e. The summed E-state index contributed by atoms with van der Waals surface area (Å²) in [5.41, 5.74) is 1.74. The van der Waals surface area contributed by atoms with Crippen LogP contribution in [0.4, 0.5) is 11.4 Å². The topological polar surface area (TPSA) is 125 Å². The molecule has 1 N–H and O–H groups in total. The minimum absolute atomic E-state index is 0.0933. The van der Waals surface area contributed by atoms with Crippen LogP contribution in [0.1, 0.15) is 12.0 Å². The highest BCUT2D eigenvalue weighted by molar-refractivity contribution is 6.10. The van der Waals surface area contributed by atoms with Gasteiger partial charge in [0.25, 0.3) is 11.6 Å². The van der Waals surface area contributed by atoms with E-state index in [4.69, 9.17) is 5.26 Å². The van der Waals surface area contributed by atoms with E-state index in [1.807, 2.05) is 34.9 Å². The first-order valence-corrected chi connectivity index (χ1v) is 8.66. The van der Waals surface area contributed by atoms with Crippen LogP contribution in [-0.2, 0) is 11.3 Å². The Morgan fingerprint density at radius 1 is 1.17 bits per heavy atom. The van der Waals surface area contributed by atoms with Crippen LogP contribution < -0.4 is 5.32 Å². The Kier molecular flexibility index (Phi) is 5.67. The molecule has 0 unspecified atom stereocenters. The van der Waals surface area contributed by atoms with Gasteiger partial charge >= 0.3 is 0 Å². The summed E-state index contributed by atoms with van der Waals surface area (Å²) in [7, 11) is 0. The number of anilines is 1.